The molecule has 2 rings (SSSR count). The van der Waals surface area contributed by atoms with Crippen molar-refractivity contribution in [1.82, 2.24) is 10.2 Å². The molecule has 0 unspecified atom stereocenters. The monoisotopic (exact) mass is 284 g/mol. The SMILES string of the molecule is C=C(NC1CCN(C)CC1)[C@H](N)Cc1ccc(C#N)cc1. The summed E-state index contributed by atoms with van der Waals surface area (Å²) < 4.78 is 0. The Bertz CT molecular complexity index is 507. The van der Waals surface area contributed by atoms with Crippen LogP contribution in [0.2, 0.25) is 0 Å². The first kappa shape index (κ1) is 15.6. The van der Waals surface area contributed by atoms with Crippen LogP contribution in [0.4, 0.5) is 0 Å². The molecule has 0 amide bonds. The zero-order valence-corrected chi connectivity index (χ0v) is 12.7. The van der Waals surface area contributed by atoms with Crippen molar-refractivity contribution in [3.05, 3.63) is 47.7 Å². The summed E-state index contributed by atoms with van der Waals surface area (Å²) >= 11 is 0. The van der Waals surface area contributed by atoms with Crippen molar-refractivity contribution in [2.75, 3.05) is 20.1 Å². The van der Waals surface area contributed by atoms with Crippen molar-refractivity contribution in [2.24, 2.45) is 5.73 Å². The van der Waals surface area contributed by atoms with Gasteiger partial charge in [0.15, 0.2) is 0 Å². The number of nitrogens with two attached hydrogens (primary N) is 1. The largest absolute Gasteiger partial charge is 0.385 e. The van der Waals surface area contributed by atoms with Crippen LogP contribution in [0.25, 0.3) is 0 Å². The van der Waals surface area contributed by atoms with Crippen molar-refractivity contribution in [3.63, 3.8) is 0 Å². The first-order chi connectivity index (χ1) is 10.1. The van der Waals surface area contributed by atoms with Crippen LogP contribution in [0.3, 0.4) is 0 Å². The van der Waals surface area contributed by atoms with Crippen LogP contribution < -0.4 is 11.1 Å². The van der Waals surface area contributed by atoms with E-state index in [0.29, 0.717) is 11.6 Å². The van der Waals surface area contributed by atoms with Gasteiger partial charge in [-0.25, -0.2) is 0 Å². The minimum atomic E-state index is -0.0995. The highest BCUT2D eigenvalue weighted by atomic mass is 15.1. The number of hydrogen-bond donors (Lipinski definition) is 2. The third kappa shape index (κ3) is 4.59. The van der Waals surface area contributed by atoms with E-state index in [9.17, 15) is 0 Å². The molecule has 1 aromatic carbocycles. The maximum Gasteiger partial charge on any atom is 0.0991 e. The lowest BCUT2D eigenvalue weighted by molar-refractivity contribution is 0.240. The van der Waals surface area contributed by atoms with Gasteiger partial charge < -0.3 is 16.0 Å². The van der Waals surface area contributed by atoms with Crippen LogP contribution >= 0.6 is 0 Å². The third-order valence-corrected chi connectivity index (χ3v) is 4.09. The van der Waals surface area contributed by atoms with Crippen molar-refractivity contribution in [1.29, 1.82) is 5.26 Å². The molecule has 21 heavy (non-hydrogen) atoms. The lowest BCUT2D eigenvalue weighted by Gasteiger charge is -2.31. The van der Waals surface area contributed by atoms with Gasteiger partial charge in [-0.15, -0.1) is 0 Å². The topological polar surface area (TPSA) is 65.1 Å². The van der Waals surface area contributed by atoms with Crippen LogP contribution in [0.5, 0.6) is 0 Å². The number of nitrogens with zero attached hydrogens (tertiary/aromatic N) is 2. The second-order valence-corrected chi connectivity index (χ2v) is 5.87. The van der Waals surface area contributed by atoms with E-state index in [2.05, 4.69) is 29.9 Å². The Morgan fingerprint density at radius 2 is 2.05 bits per heavy atom. The van der Waals surface area contributed by atoms with Crippen LogP contribution in [-0.2, 0) is 6.42 Å². The summed E-state index contributed by atoms with van der Waals surface area (Å²) in [6.45, 7) is 6.34. The van der Waals surface area contributed by atoms with Gasteiger partial charge in [-0.1, -0.05) is 18.7 Å². The molecule has 0 saturated carbocycles. The Morgan fingerprint density at radius 3 is 2.62 bits per heavy atom. The van der Waals surface area contributed by atoms with Crippen molar-refractivity contribution < 1.29 is 0 Å². The Kier molecular flexibility index (Phi) is 5.38. The fraction of sp³-hybridized carbons (Fsp3) is 0.471. The summed E-state index contributed by atoms with van der Waals surface area (Å²) in [5, 5.41) is 12.3. The highest BCUT2D eigenvalue weighted by Gasteiger charge is 2.18. The van der Waals surface area contributed by atoms with Gasteiger partial charge in [0, 0.05) is 17.8 Å². The predicted molar refractivity (Wildman–Crippen MR) is 85.6 cm³/mol. The van der Waals surface area contributed by atoms with Crippen LogP contribution in [-0.4, -0.2) is 37.1 Å². The quantitative estimate of drug-likeness (QED) is 0.862. The van der Waals surface area contributed by atoms with Gasteiger partial charge >= 0.3 is 0 Å². The molecule has 1 aliphatic heterocycles. The molecule has 112 valence electrons. The zero-order valence-electron chi connectivity index (χ0n) is 12.7. The Balaban J connectivity index is 1.83. The molecular formula is C17H24N4. The molecule has 4 nitrogen and oxygen atoms in total. The Morgan fingerprint density at radius 1 is 1.43 bits per heavy atom. The minimum Gasteiger partial charge on any atom is -0.385 e. The van der Waals surface area contributed by atoms with Crippen molar-refractivity contribution in [2.45, 2.75) is 31.3 Å². The lowest BCUT2D eigenvalue weighted by atomic mass is 10.0. The van der Waals surface area contributed by atoms with Crippen molar-refractivity contribution >= 4 is 0 Å². The molecule has 0 radical (unpaired) electrons. The van der Waals surface area contributed by atoms with Gasteiger partial charge in [0.1, 0.15) is 0 Å². The van der Waals surface area contributed by atoms with E-state index >= 15 is 0 Å². The molecule has 0 spiro atoms. The molecule has 1 fully saturated rings. The van der Waals surface area contributed by atoms with E-state index in [1.165, 1.54) is 0 Å². The zero-order chi connectivity index (χ0) is 15.2. The summed E-state index contributed by atoms with van der Waals surface area (Å²) in [5.41, 5.74) is 8.95. The number of nitrogens with one attached hydrogen (secondary N) is 1. The first-order valence-electron chi connectivity index (χ1n) is 7.47. The van der Waals surface area contributed by atoms with Crippen molar-refractivity contribution in [3.8, 4) is 6.07 Å². The fourth-order valence-electron chi connectivity index (χ4n) is 2.61. The molecule has 1 aromatic rings. The summed E-state index contributed by atoms with van der Waals surface area (Å²) in [5.74, 6) is 0. The number of likely N-dealkylation sites (tertiary alicyclic amines) is 1. The molecule has 1 saturated heterocycles. The molecule has 3 N–H and O–H groups in total. The fourth-order valence-corrected chi connectivity index (χ4v) is 2.61. The maximum absolute atomic E-state index is 8.80. The molecule has 4 heteroatoms. The third-order valence-electron chi connectivity index (χ3n) is 4.09. The highest BCUT2D eigenvalue weighted by molar-refractivity contribution is 5.32. The second kappa shape index (κ2) is 7.26. The summed E-state index contributed by atoms with van der Waals surface area (Å²) in [6, 6.07) is 10.1. The van der Waals surface area contributed by atoms with Gasteiger partial charge in [-0.3, -0.25) is 0 Å². The Labute approximate surface area is 127 Å². The molecule has 0 aliphatic carbocycles. The number of benzene rings is 1. The van der Waals surface area contributed by atoms with E-state index in [4.69, 9.17) is 11.0 Å². The number of hydrogen-bond acceptors (Lipinski definition) is 4. The lowest BCUT2D eigenvalue weighted by Crippen LogP contribution is -2.44. The number of rotatable bonds is 5. The predicted octanol–water partition coefficient (Wildman–Crippen LogP) is 1.63. The number of piperidine rings is 1. The van der Waals surface area contributed by atoms with Gasteiger partial charge in [0.05, 0.1) is 11.6 Å². The number of nitriles is 1. The van der Waals surface area contributed by atoms with E-state index in [0.717, 1.165) is 43.6 Å². The molecule has 1 heterocycles. The van der Waals surface area contributed by atoms with Crippen LogP contribution in [0.1, 0.15) is 24.0 Å². The van der Waals surface area contributed by atoms with Gasteiger partial charge in [0.2, 0.25) is 0 Å². The summed E-state index contributed by atoms with van der Waals surface area (Å²) in [6.07, 6.45) is 3.02. The second-order valence-electron chi connectivity index (χ2n) is 5.87. The van der Waals surface area contributed by atoms with Crippen LogP contribution in [0.15, 0.2) is 36.5 Å². The molecule has 0 bridgehead atoms. The molecule has 1 aliphatic rings. The minimum absolute atomic E-state index is 0.0995. The smallest absolute Gasteiger partial charge is 0.0991 e. The average molecular weight is 284 g/mol. The normalized spacial score (nSPS) is 18.0. The van der Waals surface area contributed by atoms with Gasteiger partial charge in [-0.05, 0) is 57.1 Å². The van der Waals surface area contributed by atoms with E-state index in [1.54, 1.807) is 0 Å². The average Bonchev–Trinajstić information content (AvgIpc) is 2.50. The van der Waals surface area contributed by atoms with E-state index in [1.807, 2.05) is 24.3 Å². The first-order valence-corrected chi connectivity index (χ1v) is 7.47. The Hall–Kier alpha value is -1.83. The maximum atomic E-state index is 8.80. The summed E-state index contributed by atoms with van der Waals surface area (Å²) in [4.78, 5) is 2.34. The molecule has 0 aromatic heterocycles. The summed E-state index contributed by atoms with van der Waals surface area (Å²) in [7, 11) is 2.15. The molecule has 1 atom stereocenters. The van der Waals surface area contributed by atoms with Gasteiger partial charge in [0.25, 0.3) is 0 Å². The highest BCUT2D eigenvalue weighted by Crippen LogP contribution is 2.12. The van der Waals surface area contributed by atoms with E-state index < -0.39 is 0 Å². The standard InChI is InChI=1S/C17H24N4/c1-13(20-16-7-9-21(2)10-8-16)17(19)11-14-3-5-15(12-18)6-4-14/h3-6,16-17,20H,1,7-11,19H2,2H3/t17-/m1/s1. The van der Waals surface area contributed by atoms with E-state index in [-0.39, 0.29) is 6.04 Å². The van der Waals surface area contributed by atoms with Gasteiger partial charge in [-0.2, -0.15) is 5.26 Å². The van der Waals surface area contributed by atoms with Crippen LogP contribution in [0, 0.1) is 11.3 Å². The molecular weight excluding hydrogens is 260 g/mol.